The van der Waals surface area contributed by atoms with E-state index < -0.39 is 0 Å². The highest BCUT2D eigenvalue weighted by molar-refractivity contribution is 6.02. The second-order valence-corrected chi connectivity index (χ2v) is 5.90. The lowest BCUT2D eigenvalue weighted by Gasteiger charge is -2.32. The Kier molecular flexibility index (Phi) is 3.11. The number of aliphatic hydroxyl groups is 1. The van der Waals surface area contributed by atoms with Crippen LogP contribution in [-0.4, -0.2) is 44.0 Å². The van der Waals surface area contributed by atoms with Crippen molar-refractivity contribution < 1.29 is 5.11 Å². The third kappa shape index (κ3) is 2.16. The first-order chi connectivity index (χ1) is 10.7. The molecule has 2 N–H and O–H groups in total. The molecule has 22 heavy (non-hydrogen) atoms. The molecule has 4 heterocycles. The van der Waals surface area contributed by atoms with Gasteiger partial charge < -0.3 is 15.0 Å². The first-order valence-electron chi connectivity index (χ1n) is 7.60. The van der Waals surface area contributed by atoms with Gasteiger partial charge in [-0.1, -0.05) is 0 Å². The molecule has 1 saturated heterocycles. The van der Waals surface area contributed by atoms with Crippen molar-refractivity contribution >= 4 is 16.7 Å². The summed E-state index contributed by atoms with van der Waals surface area (Å²) < 4.78 is 1.80. The average Bonchev–Trinajstić information content (AvgIpc) is 3.12. The Morgan fingerprint density at radius 2 is 2.32 bits per heavy atom. The van der Waals surface area contributed by atoms with Crippen molar-refractivity contribution in [2.24, 2.45) is 7.05 Å². The number of aromatic nitrogens is 4. The molecule has 0 saturated carbocycles. The van der Waals surface area contributed by atoms with Gasteiger partial charge in [0.1, 0.15) is 5.65 Å². The number of nitrogens with one attached hydrogen (secondary N) is 1. The van der Waals surface area contributed by atoms with Crippen LogP contribution in [0.15, 0.2) is 30.9 Å². The van der Waals surface area contributed by atoms with E-state index in [1.165, 1.54) is 0 Å². The molecule has 1 aliphatic heterocycles. The Labute approximate surface area is 128 Å². The van der Waals surface area contributed by atoms with Gasteiger partial charge in [0.25, 0.3) is 0 Å². The first kappa shape index (κ1) is 13.3. The molecule has 6 nitrogen and oxygen atoms in total. The van der Waals surface area contributed by atoms with Gasteiger partial charge in [-0.25, -0.2) is 4.98 Å². The van der Waals surface area contributed by atoms with Crippen molar-refractivity contribution in [1.29, 1.82) is 0 Å². The summed E-state index contributed by atoms with van der Waals surface area (Å²) in [6, 6.07) is 2.04. The number of aryl methyl sites for hydroxylation is 1. The van der Waals surface area contributed by atoms with Crippen molar-refractivity contribution in [2.45, 2.75) is 18.9 Å². The summed E-state index contributed by atoms with van der Waals surface area (Å²) in [5.41, 5.74) is 4.17. The van der Waals surface area contributed by atoms with Crippen LogP contribution in [-0.2, 0) is 7.05 Å². The Bertz CT molecular complexity index is 806. The summed E-state index contributed by atoms with van der Waals surface area (Å²) in [6.07, 6.45) is 9.32. The van der Waals surface area contributed by atoms with Crippen LogP contribution in [0.5, 0.6) is 0 Å². The van der Waals surface area contributed by atoms with E-state index in [2.05, 4.69) is 20.0 Å². The van der Waals surface area contributed by atoms with Crippen LogP contribution in [0.25, 0.3) is 22.2 Å². The molecule has 0 radical (unpaired) electrons. The number of aromatic amines is 1. The predicted molar refractivity (Wildman–Crippen MR) is 85.7 cm³/mol. The standard InChI is InChI=1S/C16H19N5O/c1-20-9-11(7-19-20)13-8-18-16-15(13)14(4-5-17-16)21-6-2-3-12(22)10-21/h4-5,7-9,12,22H,2-3,6,10H2,1H3,(H,17,18)/t12-/m0/s1. The zero-order chi connectivity index (χ0) is 15.1. The van der Waals surface area contributed by atoms with Crippen LogP contribution in [0.2, 0.25) is 0 Å². The molecule has 0 unspecified atom stereocenters. The molecule has 0 aliphatic carbocycles. The van der Waals surface area contributed by atoms with Gasteiger partial charge in [-0.2, -0.15) is 5.10 Å². The summed E-state index contributed by atoms with van der Waals surface area (Å²) in [7, 11) is 1.92. The minimum atomic E-state index is -0.252. The lowest BCUT2D eigenvalue weighted by Crippen LogP contribution is -2.38. The molecule has 0 bridgehead atoms. The maximum atomic E-state index is 9.97. The van der Waals surface area contributed by atoms with Crippen LogP contribution in [0.4, 0.5) is 5.69 Å². The molecule has 4 rings (SSSR count). The van der Waals surface area contributed by atoms with E-state index in [0.29, 0.717) is 6.54 Å². The summed E-state index contributed by atoms with van der Waals surface area (Å²) in [4.78, 5) is 9.94. The minimum absolute atomic E-state index is 0.252. The fraction of sp³-hybridized carbons (Fsp3) is 0.375. The van der Waals surface area contributed by atoms with E-state index in [0.717, 1.165) is 47.2 Å². The van der Waals surface area contributed by atoms with E-state index in [9.17, 15) is 5.11 Å². The Hall–Kier alpha value is -2.34. The molecule has 1 aliphatic rings. The summed E-state index contributed by atoms with van der Waals surface area (Å²) >= 11 is 0. The molecule has 1 fully saturated rings. The largest absolute Gasteiger partial charge is 0.391 e. The molecular weight excluding hydrogens is 278 g/mol. The van der Waals surface area contributed by atoms with Crippen molar-refractivity contribution in [3.05, 3.63) is 30.9 Å². The number of H-pyrrole nitrogens is 1. The third-order valence-corrected chi connectivity index (χ3v) is 4.30. The van der Waals surface area contributed by atoms with E-state index in [4.69, 9.17) is 0 Å². The fourth-order valence-corrected chi connectivity index (χ4v) is 3.26. The third-order valence-electron chi connectivity index (χ3n) is 4.30. The van der Waals surface area contributed by atoms with Crippen LogP contribution < -0.4 is 4.90 Å². The number of hydrogen-bond donors (Lipinski definition) is 2. The van der Waals surface area contributed by atoms with E-state index in [1.807, 2.05) is 37.9 Å². The van der Waals surface area contributed by atoms with Gasteiger partial charge >= 0.3 is 0 Å². The van der Waals surface area contributed by atoms with Gasteiger partial charge in [-0.15, -0.1) is 0 Å². The molecule has 114 valence electrons. The lowest BCUT2D eigenvalue weighted by atomic mass is 10.0. The zero-order valence-corrected chi connectivity index (χ0v) is 12.5. The maximum Gasteiger partial charge on any atom is 0.139 e. The highest BCUT2D eigenvalue weighted by Crippen LogP contribution is 2.35. The van der Waals surface area contributed by atoms with E-state index in [-0.39, 0.29) is 6.10 Å². The predicted octanol–water partition coefficient (Wildman–Crippen LogP) is 1.92. The van der Waals surface area contributed by atoms with Crippen molar-refractivity contribution in [2.75, 3.05) is 18.0 Å². The number of β-amino-alcohol motifs (C(OH)–C–C–N with tert-alkyl or cyclic N) is 1. The van der Waals surface area contributed by atoms with Gasteiger partial charge in [0.2, 0.25) is 0 Å². The number of aliphatic hydroxyl groups excluding tert-OH is 1. The molecule has 0 amide bonds. The Morgan fingerprint density at radius 1 is 1.41 bits per heavy atom. The SMILES string of the molecule is Cn1cc(-c2c[nH]c3nccc(N4CCC[C@H](O)C4)c23)cn1. The molecule has 3 aromatic heterocycles. The Balaban J connectivity index is 1.86. The number of hydrogen-bond acceptors (Lipinski definition) is 4. The number of rotatable bonds is 2. The molecule has 0 aromatic carbocycles. The number of fused-ring (bicyclic) bond motifs is 1. The quantitative estimate of drug-likeness (QED) is 0.758. The zero-order valence-electron chi connectivity index (χ0n) is 12.5. The summed E-state index contributed by atoms with van der Waals surface area (Å²) in [5.74, 6) is 0. The van der Waals surface area contributed by atoms with Gasteiger partial charge in [0.05, 0.1) is 23.4 Å². The number of anilines is 1. The molecule has 3 aromatic rings. The number of piperidine rings is 1. The van der Waals surface area contributed by atoms with Gasteiger partial charge in [0.15, 0.2) is 0 Å². The molecule has 1 atom stereocenters. The van der Waals surface area contributed by atoms with Crippen LogP contribution in [0.3, 0.4) is 0 Å². The molecule has 0 spiro atoms. The van der Waals surface area contributed by atoms with E-state index in [1.54, 1.807) is 4.68 Å². The number of pyridine rings is 1. The number of nitrogens with zero attached hydrogens (tertiary/aromatic N) is 4. The highest BCUT2D eigenvalue weighted by Gasteiger charge is 2.22. The smallest absolute Gasteiger partial charge is 0.139 e. The Morgan fingerprint density at radius 3 is 3.09 bits per heavy atom. The molecular formula is C16H19N5O. The first-order valence-corrected chi connectivity index (χ1v) is 7.60. The second-order valence-electron chi connectivity index (χ2n) is 5.90. The summed E-state index contributed by atoms with van der Waals surface area (Å²) in [5, 5.41) is 15.3. The van der Waals surface area contributed by atoms with Crippen LogP contribution in [0.1, 0.15) is 12.8 Å². The summed E-state index contributed by atoms with van der Waals surface area (Å²) in [6.45, 7) is 1.64. The monoisotopic (exact) mass is 297 g/mol. The lowest BCUT2D eigenvalue weighted by molar-refractivity contribution is 0.154. The maximum absolute atomic E-state index is 9.97. The van der Waals surface area contributed by atoms with Gasteiger partial charge in [-0.05, 0) is 18.9 Å². The van der Waals surface area contributed by atoms with Crippen molar-refractivity contribution in [3.63, 3.8) is 0 Å². The second kappa shape index (κ2) is 5.14. The van der Waals surface area contributed by atoms with Crippen molar-refractivity contribution in [3.8, 4) is 11.1 Å². The fourth-order valence-electron chi connectivity index (χ4n) is 3.26. The van der Waals surface area contributed by atoms with E-state index >= 15 is 0 Å². The van der Waals surface area contributed by atoms with Crippen molar-refractivity contribution in [1.82, 2.24) is 19.7 Å². The average molecular weight is 297 g/mol. The van der Waals surface area contributed by atoms with Gasteiger partial charge in [0, 0.05) is 49.9 Å². The molecule has 6 heteroatoms. The minimum Gasteiger partial charge on any atom is -0.391 e. The van der Waals surface area contributed by atoms with Gasteiger partial charge in [-0.3, -0.25) is 4.68 Å². The highest BCUT2D eigenvalue weighted by atomic mass is 16.3. The van der Waals surface area contributed by atoms with Crippen LogP contribution in [0, 0.1) is 0 Å². The van der Waals surface area contributed by atoms with Crippen LogP contribution >= 0.6 is 0 Å². The normalized spacial score (nSPS) is 19.0. The topological polar surface area (TPSA) is 70.0 Å².